The molecular formula is C16H20N5O3S+. The number of carbonyl (C=O) groups excluding carboxylic acids is 2. The van der Waals surface area contributed by atoms with Crippen LogP contribution in [0.15, 0.2) is 41.1 Å². The van der Waals surface area contributed by atoms with Crippen molar-refractivity contribution in [1.29, 1.82) is 0 Å². The molecule has 25 heavy (non-hydrogen) atoms. The summed E-state index contributed by atoms with van der Waals surface area (Å²) in [7, 11) is 0. The molecule has 8 nitrogen and oxygen atoms in total. The summed E-state index contributed by atoms with van der Waals surface area (Å²) in [4.78, 5) is 25.5. The summed E-state index contributed by atoms with van der Waals surface area (Å²) in [5.74, 6) is 0.491. The summed E-state index contributed by atoms with van der Waals surface area (Å²) in [6.07, 6.45) is 1.86. The second-order valence-electron chi connectivity index (χ2n) is 5.49. The number of nitrogens with zero attached hydrogens (tertiary/aromatic N) is 3. The molecule has 1 saturated heterocycles. The van der Waals surface area contributed by atoms with E-state index in [0.29, 0.717) is 17.2 Å². The smallest absolute Gasteiger partial charge is 0.305 e. The van der Waals surface area contributed by atoms with Crippen molar-refractivity contribution in [1.82, 2.24) is 10.6 Å². The molecule has 0 bridgehead atoms. The number of carbonyl (C=O) groups is 2. The van der Waals surface area contributed by atoms with Crippen LogP contribution in [0.5, 0.6) is 0 Å². The maximum Gasteiger partial charge on any atom is 0.305 e. The Kier molecular flexibility index (Phi) is 6.02. The number of anilines is 1. The van der Waals surface area contributed by atoms with Crippen LogP contribution < -0.4 is 20.4 Å². The highest BCUT2D eigenvalue weighted by atomic mass is 32.2. The van der Waals surface area contributed by atoms with Gasteiger partial charge in [-0.15, -0.1) is 0 Å². The largest absolute Gasteiger partial charge is 0.313 e. The van der Waals surface area contributed by atoms with Crippen LogP contribution in [-0.4, -0.2) is 48.2 Å². The predicted molar refractivity (Wildman–Crippen MR) is 94.0 cm³/mol. The second kappa shape index (κ2) is 8.63. The summed E-state index contributed by atoms with van der Waals surface area (Å²) in [5, 5.41) is 11.8. The highest BCUT2D eigenvalue weighted by Gasteiger charge is 2.23. The Balaban J connectivity index is 1.42. The van der Waals surface area contributed by atoms with Crippen molar-refractivity contribution < 1.29 is 18.9 Å². The molecule has 0 saturated carbocycles. The molecule has 1 aromatic heterocycles. The van der Waals surface area contributed by atoms with Crippen LogP contribution in [0.3, 0.4) is 0 Å². The summed E-state index contributed by atoms with van der Waals surface area (Å²) in [6.45, 7) is 3.41. The highest BCUT2D eigenvalue weighted by Crippen LogP contribution is 2.13. The molecule has 1 aliphatic rings. The van der Waals surface area contributed by atoms with Gasteiger partial charge >= 0.3 is 5.88 Å². The van der Waals surface area contributed by atoms with Gasteiger partial charge in [0.1, 0.15) is 0 Å². The lowest BCUT2D eigenvalue weighted by Gasteiger charge is -2.19. The fraction of sp³-hybridized carbons (Fsp3) is 0.375. The van der Waals surface area contributed by atoms with Crippen LogP contribution >= 0.6 is 11.8 Å². The minimum Gasteiger partial charge on any atom is -0.313 e. The Morgan fingerprint density at radius 1 is 1.28 bits per heavy atom. The normalized spacial score (nSPS) is 14.3. The molecule has 1 fully saturated rings. The molecule has 1 amide bonds. The van der Waals surface area contributed by atoms with Crippen molar-refractivity contribution >= 4 is 28.7 Å². The minimum atomic E-state index is -0.211. The SMILES string of the molecule is O=C(CCSC(=O)c1ccccc1)Nc1c[n+](N2CCNCC2)no1. The molecule has 1 aromatic carbocycles. The number of hydrogen-bond acceptors (Lipinski definition) is 7. The summed E-state index contributed by atoms with van der Waals surface area (Å²) >= 11 is 1.13. The third kappa shape index (κ3) is 5.04. The Bertz CT molecular complexity index is 716. The van der Waals surface area contributed by atoms with Gasteiger partial charge < -0.3 is 5.32 Å². The first-order valence-electron chi connectivity index (χ1n) is 8.09. The van der Waals surface area contributed by atoms with Crippen molar-refractivity contribution in [2.24, 2.45) is 0 Å². The van der Waals surface area contributed by atoms with Crippen molar-refractivity contribution in [3.63, 3.8) is 0 Å². The molecule has 3 rings (SSSR count). The first-order chi connectivity index (χ1) is 12.2. The fourth-order valence-electron chi connectivity index (χ4n) is 2.38. The van der Waals surface area contributed by atoms with E-state index >= 15 is 0 Å². The van der Waals surface area contributed by atoms with Gasteiger partial charge in [0.2, 0.25) is 16.3 Å². The molecule has 0 radical (unpaired) electrons. The van der Waals surface area contributed by atoms with E-state index in [4.69, 9.17) is 4.52 Å². The van der Waals surface area contributed by atoms with E-state index in [1.807, 2.05) is 23.2 Å². The number of nitrogens with one attached hydrogen (secondary N) is 2. The first-order valence-corrected chi connectivity index (χ1v) is 9.07. The van der Waals surface area contributed by atoms with Gasteiger partial charge in [-0.3, -0.25) is 19.4 Å². The van der Waals surface area contributed by atoms with Crippen LogP contribution in [0, 0.1) is 0 Å². The zero-order chi connectivity index (χ0) is 17.5. The van der Waals surface area contributed by atoms with Gasteiger partial charge in [0.15, 0.2) is 0 Å². The highest BCUT2D eigenvalue weighted by molar-refractivity contribution is 8.14. The monoisotopic (exact) mass is 362 g/mol. The van der Waals surface area contributed by atoms with Gasteiger partial charge in [0.25, 0.3) is 6.20 Å². The van der Waals surface area contributed by atoms with Crippen LogP contribution in [0.1, 0.15) is 16.8 Å². The van der Waals surface area contributed by atoms with Crippen molar-refractivity contribution in [2.75, 3.05) is 42.3 Å². The molecule has 9 heteroatoms. The number of rotatable bonds is 6. The summed E-state index contributed by atoms with van der Waals surface area (Å²) in [5.41, 5.74) is 0.639. The van der Waals surface area contributed by atoms with E-state index < -0.39 is 0 Å². The van der Waals surface area contributed by atoms with Crippen LogP contribution in [0.4, 0.5) is 5.88 Å². The lowest BCUT2D eigenvalue weighted by Crippen LogP contribution is -2.64. The first kappa shape index (κ1) is 17.4. The van der Waals surface area contributed by atoms with E-state index in [-0.39, 0.29) is 17.4 Å². The maximum absolute atomic E-state index is 12.0. The fourth-order valence-corrected chi connectivity index (χ4v) is 3.15. The van der Waals surface area contributed by atoms with Gasteiger partial charge in [0, 0.05) is 30.8 Å². The number of amides is 1. The van der Waals surface area contributed by atoms with Gasteiger partial charge in [-0.2, -0.15) is 5.01 Å². The third-order valence-corrected chi connectivity index (χ3v) is 4.58. The zero-order valence-electron chi connectivity index (χ0n) is 13.7. The summed E-state index contributed by atoms with van der Waals surface area (Å²) in [6, 6.07) is 9.02. The molecule has 2 aromatic rings. The topological polar surface area (TPSA) is 91.4 Å². The summed E-state index contributed by atoms with van der Waals surface area (Å²) < 4.78 is 5.13. The van der Waals surface area contributed by atoms with E-state index in [0.717, 1.165) is 37.9 Å². The molecular weight excluding hydrogens is 342 g/mol. The molecule has 0 atom stereocenters. The lowest BCUT2D eigenvalue weighted by molar-refractivity contribution is -0.758. The standard InChI is InChI=1S/C16H19N5O3S/c22-14(6-11-25-16(23)13-4-2-1-3-5-13)18-15-12-21(19-24-15)20-9-7-17-8-10-20/h1-5,12,17H,6-11H2/p+1. The molecule has 0 spiro atoms. The number of hydrogen-bond donors (Lipinski definition) is 2. The van der Waals surface area contributed by atoms with Gasteiger partial charge in [-0.25, -0.2) is 0 Å². The van der Waals surface area contributed by atoms with Crippen LogP contribution in [-0.2, 0) is 4.79 Å². The predicted octanol–water partition coefficient (Wildman–Crippen LogP) is 0.405. The average molecular weight is 362 g/mol. The van der Waals surface area contributed by atoms with E-state index in [1.54, 1.807) is 23.1 Å². The van der Waals surface area contributed by atoms with Gasteiger partial charge in [-0.05, 0) is 0 Å². The van der Waals surface area contributed by atoms with Crippen LogP contribution in [0.25, 0.3) is 0 Å². The lowest BCUT2D eigenvalue weighted by atomic mass is 10.2. The van der Waals surface area contributed by atoms with Crippen LogP contribution in [0.2, 0.25) is 0 Å². The van der Waals surface area contributed by atoms with E-state index in [1.165, 1.54) is 0 Å². The number of benzene rings is 1. The number of aromatic nitrogens is 2. The Morgan fingerprint density at radius 2 is 2.04 bits per heavy atom. The quantitative estimate of drug-likeness (QED) is 0.719. The molecule has 2 N–H and O–H groups in total. The molecule has 132 valence electrons. The van der Waals surface area contributed by atoms with Crippen molar-refractivity contribution in [3.05, 3.63) is 42.1 Å². The molecule has 0 aliphatic carbocycles. The van der Waals surface area contributed by atoms with Crippen molar-refractivity contribution in [2.45, 2.75) is 6.42 Å². The Hall–Kier alpha value is -2.39. The Morgan fingerprint density at radius 3 is 2.80 bits per heavy atom. The minimum absolute atomic E-state index is 0.0374. The van der Waals surface area contributed by atoms with Gasteiger partial charge in [0.05, 0.1) is 17.9 Å². The number of piperazine rings is 1. The average Bonchev–Trinajstić information content (AvgIpc) is 3.11. The molecule has 0 unspecified atom stereocenters. The molecule has 1 aliphatic heterocycles. The van der Waals surface area contributed by atoms with E-state index in [9.17, 15) is 9.59 Å². The molecule has 2 heterocycles. The van der Waals surface area contributed by atoms with Crippen molar-refractivity contribution in [3.8, 4) is 0 Å². The second-order valence-corrected chi connectivity index (χ2v) is 6.56. The maximum atomic E-state index is 12.0. The third-order valence-electron chi connectivity index (χ3n) is 3.67. The number of thioether (sulfide) groups is 1. The Labute approximate surface area is 149 Å². The zero-order valence-corrected chi connectivity index (χ0v) is 14.5. The van der Waals surface area contributed by atoms with Gasteiger partial charge in [-0.1, -0.05) is 42.1 Å². The van der Waals surface area contributed by atoms with E-state index in [2.05, 4.69) is 15.9 Å².